The summed E-state index contributed by atoms with van der Waals surface area (Å²) in [6, 6.07) is -0.722. The number of unbranched alkanes of at least 4 members (excludes halogenated alkanes) is 3. The lowest BCUT2D eigenvalue weighted by Crippen LogP contribution is -2.49. The summed E-state index contributed by atoms with van der Waals surface area (Å²) < 4.78 is 25.5. The van der Waals surface area contributed by atoms with Gasteiger partial charge in [-0.1, -0.05) is 31.9 Å². The van der Waals surface area contributed by atoms with Crippen molar-refractivity contribution in [2.24, 2.45) is 0 Å². The minimum Gasteiger partial charge on any atom is -0.302 e. The SMILES string of the molecule is CCCCC/C=C\CC(NCC=O)C(=O)NS(=O)(=O)C1(C)CC1. The summed E-state index contributed by atoms with van der Waals surface area (Å²) in [5.41, 5.74) is 0. The van der Waals surface area contributed by atoms with Gasteiger partial charge in [0.1, 0.15) is 6.29 Å². The average molecular weight is 344 g/mol. The Kier molecular flexibility index (Phi) is 7.91. The van der Waals surface area contributed by atoms with Crippen LogP contribution in [-0.2, 0) is 19.6 Å². The Morgan fingerprint density at radius 1 is 1.26 bits per heavy atom. The van der Waals surface area contributed by atoms with E-state index >= 15 is 0 Å². The normalized spacial score (nSPS) is 17.8. The predicted molar refractivity (Wildman–Crippen MR) is 90.5 cm³/mol. The molecule has 1 amide bonds. The fraction of sp³-hybridized carbons (Fsp3) is 0.750. The highest BCUT2D eigenvalue weighted by Crippen LogP contribution is 2.42. The maximum Gasteiger partial charge on any atom is 0.250 e. The summed E-state index contributed by atoms with van der Waals surface area (Å²) in [4.78, 5) is 22.7. The van der Waals surface area contributed by atoms with Crippen LogP contribution in [0.2, 0.25) is 0 Å². The summed E-state index contributed by atoms with van der Waals surface area (Å²) in [6.45, 7) is 3.78. The molecular weight excluding hydrogens is 316 g/mol. The fourth-order valence-corrected chi connectivity index (χ4v) is 3.40. The van der Waals surface area contributed by atoms with Gasteiger partial charge in [-0.2, -0.15) is 0 Å². The molecule has 1 atom stereocenters. The van der Waals surface area contributed by atoms with Gasteiger partial charge in [0.15, 0.2) is 0 Å². The van der Waals surface area contributed by atoms with Crippen LogP contribution in [0.5, 0.6) is 0 Å². The van der Waals surface area contributed by atoms with Crippen molar-refractivity contribution < 1.29 is 18.0 Å². The van der Waals surface area contributed by atoms with Crippen LogP contribution in [0, 0.1) is 0 Å². The van der Waals surface area contributed by atoms with Gasteiger partial charge in [-0.3, -0.25) is 14.8 Å². The monoisotopic (exact) mass is 344 g/mol. The number of amides is 1. The van der Waals surface area contributed by atoms with Gasteiger partial charge in [0.05, 0.1) is 17.3 Å². The van der Waals surface area contributed by atoms with Crippen LogP contribution >= 0.6 is 0 Å². The van der Waals surface area contributed by atoms with Crippen molar-refractivity contribution in [2.75, 3.05) is 6.54 Å². The first-order chi connectivity index (χ1) is 10.9. The van der Waals surface area contributed by atoms with E-state index in [2.05, 4.69) is 17.0 Å². The van der Waals surface area contributed by atoms with Gasteiger partial charge < -0.3 is 4.79 Å². The standard InChI is InChI=1S/C16H28N2O4S/c1-3-4-5-6-7-8-9-14(17-12-13-19)15(20)18-23(21,22)16(2)10-11-16/h7-8,13-14,17H,3-6,9-12H2,1-2H3,(H,18,20)/b8-7-. The molecule has 2 N–H and O–H groups in total. The van der Waals surface area contributed by atoms with Gasteiger partial charge in [-0.15, -0.1) is 0 Å². The average Bonchev–Trinajstić information content (AvgIpc) is 3.25. The van der Waals surface area contributed by atoms with E-state index in [1.165, 1.54) is 0 Å². The number of rotatable bonds is 12. The minimum atomic E-state index is -3.65. The second-order valence-electron chi connectivity index (χ2n) is 6.25. The molecule has 1 aliphatic carbocycles. The maximum atomic E-state index is 12.2. The fourth-order valence-electron chi connectivity index (χ4n) is 2.11. The third kappa shape index (κ3) is 6.43. The van der Waals surface area contributed by atoms with Crippen LogP contribution in [0.3, 0.4) is 0 Å². The van der Waals surface area contributed by atoms with E-state index < -0.39 is 26.7 Å². The Morgan fingerprint density at radius 3 is 2.52 bits per heavy atom. The minimum absolute atomic E-state index is 0.0130. The molecule has 1 rings (SSSR count). The topological polar surface area (TPSA) is 92.3 Å². The molecule has 0 saturated heterocycles. The first-order valence-corrected chi connectivity index (χ1v) is 9.73. The zero-order valence-corrected chi connectivity index (χ0v) is 14.8. The zero-order chi connectivity index (χ0) is 17.3. The van der Waals surface area contributed by atoms with E-state index in [-0.39, 0.29) is 6.54 Å². The number of nitrogens with one attached hydrogen (secondary N) is 2. The number of sulfonamides is 1. The van der Waals surface area contributed by atoms with Crippen LogP contribution < -0.4 is 10.0 Å². The van der Waals surface area contributed by atoms with Crippen molar-refractivity contribution in [3.63, 3.8) is 0 Å². The van der Waals surface area contributed by atoms with Gasteiger partial charge >= 0.3 is 0 Å². The van der Waals surface area contributed by atoms with Gasteiger partial charge in [-0.25, -0.2) is 8.42 Å². The zero-order valence-electron chi connectivity index (χ0n) is 14.0. The molecule has 132 valence electrons. The summed E-state index contributed by atoms with van der Waals surface area (Å²) in [7, 11) is -3.65. The molecule has 0 radical (unpaired) electrons. The first-order valence-electron chi connectivity index (χ1n) is 8.24. The Hall–Kier alpha value is -1.21. The molecule has 1 saturated carbocycles. The van der Waals surface area contributed by atoms with E-state index in [9.17, 15) is 18.0 Å². The molecule has 7 heteroatoms. The van der Waals surface area contributed by atoms with Crippen LogP contribution in [0.25, 0.3) is 0 Å². The van der Waals surface area contributed by atoms with Crippen LogP contribution in [0.4, 0.5) is 0 Å². The van der Waals surface area contributed by atoms with Crippen LogP contribution in [0.15, 0.2) is 12.2 Å². The van der Waals surface area contributed by atoms with Crippen molar-refractivity contribution in [3.8, 4) is 0 Å². The Bertz CT molecular complexity index is 524. The smallest absolute Gasteiger partial charge is 0.250 e. The molecule has 0 aromatic carbocycles. The van der Waals surface area contributed by atoms with Gasteiger partial charge in [0.2, 0.25) is 10.0 Å². The van der Waals surface area contributed by atoms with Gasteiger partial charge in [-0.05, 0) is 39.0 Å². The number of aldehydes is 1. The molecule has 0 aliphatic heterocycles. The summed E-state index contributed by atoms with van der Waals surface area (Å²) in [5.74, 6) is -0.599. The van der Waals surface area contributed by atoms with Crippen LogP contribution in [0.1, 0.15) is 58.8 Å². The molecular formula is C16H28N2O4S. The first kappa shape index (κ1) is 19.8. The molecule has 1 unspecified atom stereocenters. The lowest BCUT2D eigenvalue weighted by atomic mass is 10.1. The van der Waals surface area contributed by atoms with Crippen molar-refractivity contribution in [1.29, 1.82) is 0 Å². The lowest BCUT2D eigenvalue weighted by Gasteiger charge is -2.18. The maximum absolute atomic E-state index is 12.2. The highest BCUT2D eigenvalue weighted by molar-refractivity contribution is 7.91. The second-order valence-corrected chi connectivity index (χ2v) is 8.45. The molecule has 6 nitrogen and oxygen atoms in total. The van der Waals surface area contributed by atoms with E-state index in [0.717, 1.165) is 25.7 Å². The van der Waals surface area contributed by atoms with E-state index in [1.807, 2.05) is 12.2 Å². The second kappa shape index (κ2) is 9.17. The van der Waals surface area contributed by atoms with E-state index in [0.29, 0.717) is 25.5 Å². The molecule has 23 heavy (non-hydrogen) atoms. The number of carbonyl (C=O) groups is 2. The molecule has 0 bridgehead atoms. The summed E-state index contributed by atoms with van der Waals surface area (Å²) in [5, 5.41) is 2.77. The molecule has 0 spiro atoms. The predicted octanol–water partition coefficient (Wildman–Crippen LogP) is 1.67. The molecule has 0 heterocycles. The van der Waals surface area contributed by atoms with Crippen molar-refractivity contribution in [1.82, 2.24) is 10.0 Å². The summed E-state index contributed by atoms with van der Waals surface area (Å²) in [6.07, 6.45) is 10.4. The largest absolute Gasteiger partial charge is 0.302 e. The van der Waals surface area contributed by atoms with E-state index in [4.69, 9.17) is 0 Å². The number of allylic oxidation sites excluding steroid dienone is 1. The Labute approximate surface area is 139 Å². The van der Waals surface area contributed by atoms with Crippen LogP contribution in [-0.4, -0.2) is 37.9 Å². The number of hydrogen-bond acceptors (Lipinski definition) is 5. The molecule has 1 aliphatic rings. The number of hydrogen-bond donors (Lipinski definition) is 2. The van der Waals surface area contributed by atoms with Crippen molar-refractivity contribution in [3.05, 3.63) is 12.2 Å². The van der Waals surface area contributed by atoms with Gasteiger partial charge in [0, 0.05) is 0 Å². The van der Waals surface area contributed by atoms with Gasteiger partial charge in [0.25, 0.3) is 5.91 Å². The molecule has 0 aromatic heterocycles. The third-order valence-electron chi connectivity index (χ3n) is 4.11. The van der Waals surface area contributed by atoms with Crippen molar-refractivity contribution >= 4 is 22.2 Å². The van der Waals surface area contributed by atoms with E-state index in [1.54, 1.807) is 6.92 Å². The Balaban J connectivity index is 2.55. The highest BCUT2D eigenvalue weighted by atomic mass is 32.2. The lowest BCUT2D eigenvalue weighted by molar-refractivity contribution is -0.121. The molecule has 0 aromatic rings. The Morgan fingerprint density at radius 2 is 1.96 bits per heavy atom. The van der Waals surface area contributed by atoms with Crippen molar-refractivity contribution in [2.45, 2.75) is 69.6 Å². The highest BCUT2D eigenvalue weighted by Gasteiger charge is 2.51. The third-order valence-corrected chi connectivity index (χ3v) is 6.29. The summed E-state index contributed by atoms with van der Waals surface area (Å²) >= 11 is 0. The quantitative estimate of drug-likeness (QED) is 0.319. The molecule has 1 fully saturated rings. The number of carbonyl (C=O) groups excluding carboxylic acids is 2.